The number of thiol groups is 1. The Balaban J connectivity index is 1.98. The molecule has 0 radical (unpaired) electrons. The van der Waals surface area contributed by atoms with Gasteiger partial charge in [-0.05, 0) is 43.5 Å². The zero-order valence-corrected chi connectivity index (χ0v) is 52.9. The number of carbonyl (C=O) groups excluding carboxylic acids is 8. The van der Waals surface area contributed by atoms with E-state index in [0.29, 0.717) is 5.69 Å². The number of amides is 8. The summed E-state index contributed by atoms with van der Waals surface area (Å²) in [5.74, 6) is -22.1. The quantitative estimate of drug-likeness (QED) is 0.0234. The molecular weight excluding hydrogens is 1370 g/mol. The maximum Gasteiger partial charge on any atom is 0.327 e. The largest absolute Gasteiger partial charge is 0.481 e. The Labute approximate surface area is 566 Å². The van der Waals surface area contributed by atoms with Gasteiger partial charge in [0, 0.05) is 36.6 Å². The lowest BCUT2D eigenvalue weighted by Crippen LogP contribution is -2.67. The Morgan fingerprint density at radius 1 is 0.490 bits per heavy atom. The van der Waals surface area contributed by atoms with E-state index in [-0.39, 0.29) is 34.9 Å². The molecule has 2 unspecified atom stereocenters. The topological polar surface area (TPSA) is 775 Å². The lowest BCUT2D eigenvalue weighted by atomic mass is 9.97. The van der Waals surface area contributed by atoms with Gasteiger partial charge in [0.05, 0.1) is 56.7 Å². The van der Waals surface area contributed by atoms with Gasteiger partial charge < -0.3 is 146 Å². The Bertz CT molecular complexity index is 3400. The summed E-state index contributed by atoms with van der Waals surface area (Å²) < 4.78 is 0. The lowest BCUT2D eigenvalue weighted by molar-refractivity contribution is -0.147. The average molecular weight is 1450 g/mol. The highest BCUT2D eigenvalue weighted by molar-refractivity contribution is 7.80. The van der Waals surface area contributed by atoms with Gasteiger partial charge in [-0.3, -0.25) is 57.7 Å². The van der Waals surface area contributed by atoms with Crippen molar-refractivity contribution in [3.05, 3.63) is 52.1 Å². The van der Waals surface area contributed by atoms with Crippen molar-refractivity contribution in [1.82, 2.24) is 62.5 Å². The van der Waals surface area contributed by atoms with E-state index < -0.39 is 257 Å². The number of carbonyl (C=O) groups is 12. The molecule has 0 saturated heterocycles. The van der Waals surface area contributed by atoms with Crippen molar-refractivity contribution in [1.29, 1.82) is 0 Å². The van der Waals surface area contributed by atoms with Crippen LogP contribution in [0.25, 0.3) is 11.2 Å². The van der Waals surface area contributed by atoms with Crippen LogP contribution in [-0.4, -0.2) is 325 Å². The van der Waals surface area contributed by atoms with E-state index in [9.17, 15) is 154 Å². The summed E-state index contributed by atoms with van der Waals surface area (Å²) in [5, 5.41) is 202. The number of rotatable bonds is 44. The van der Waals surface area contributed by atoms with Gasteiger partial charge in [0.25, 0.3) is 11.5 Å². The van der Waals surface area contributed by atoms with Crippen LogP contribution in [0.3, 0.4) is 0 Å². The van der Waals surface area contributed by atoms with Crippen molar-refractivity contribution in [3.8, 4) is 0 Å². The number of aliphatic hydroxyl groups is 14. The van der Waals surface area contributed by atoms with Gasteiger partial charge in [0.1, 0.15) is 97.2 Å². The van der Waals surface area contributed by atoms with Crippen LogP contribution < -0.4 is 59.1 Å². The summed E-state index contributed by atoms with van der Waals surface area (Å²) in [6.45, 7) is -4.70. The first-order valence-electron chi connectivity index (χ1n) is 29.5. The monoisotopic (exact) mass is 1450 g/mol. The molecular formula is C54H78N14O31S. The molecule has 0 aliphatic carbocycles. The van der Waals surface area contributed by atoms with Crippen molar-refractivity contribution >= 4 is 107 Å². The minimum absolute atomic E-state index is 0.000766. The van der Waals surface area contributed by atoms with Gasteiger partial charge in [-0.25, -0.2) is 19.6 Å². The molecule has 1 aromatic carbocycles. The summed E-state index contributed by atoms with van der Waals surface area (Å²) in [6, 6.07) is -14.8. The maximum atomic E-state index is 14.3. The summed E-state index contributed by atoms with van der Waals surface area (Å²) >= 11 is 3.77. The molecule has 18 atom stereocenters. The highest BCUT2D eigenvalue weighted by atomic mass is 32.1. The second-order valence-corrected chi connectivity index (χ2v) is 22.2. The molecule has 0 saturated carbocycles. The fourth-order valence-electron chi connectivity index (χ4n) is 8.84. The number of aliphatic hydroxyl groups excluding tert-OH is 14. The first-order chi connectivity index (χ1) is 46.9. The number of anilines is 2. The van der Waals surface area contributed by atoms with Crippen molar-refractivity contribution in [2.24, 2.45) is 0 Å². The first-order valence-corrected chi connectivity index (χ1v) is 30.1. The number of hydrogen-bond acceptors (Lipinski definition) is 33. The molecule has 2 heterocycles. The van der Waals surface area contributed by atoms with E-state index in [1.807, 2.05) is 10.6 Å². The van der Waals surface area contributed by atoms with Gasteiger partial charge in [0.15, 0.2) is 11.2 Å². The number of hydrogen-bond donors (Lipinski definition) is 30. The fourth-order valence-corrected chi connectivity index (χ4v) is 9.08. The smallest absolute Gasteiger partial charge is 0.327 e. The van der Waals surface area contributed by atoms with Crippen LogP contribution in [0.1, 0.15) is 54.6 Å². The molecule has 45 nitrogen and oxygen atoms in total. The second kappa shape index (κ2) is 40.5. The minimum Gasteiger partial charge on any atom is -0.481 e. The number of carboxylic acid groups (broad SMARTS) is 4. The summed E-state index contributed by atoms with van der Waals surface area (Å²) in [7, 11) is 0. The molecule has 2 aromatic heterocycles. The van der Waals surface area contributed by atoms with Crippen molar-refractivity contribution in [3.63, 3.8) is 0 Å². The molecule has 0 fully saturated rings. The number of nitrogens with one attached hydrogen (secondary N) is 10. The highest BCUT2D eigenvalue weighted by Crippen LogP contribution is 2.17. The number of aliphatic carboxylic acids is 4. The van der Waals surface area contributed by atoms with Gasteiger partial charge in [-0.15, -0.1) is 0 Å². The number of aromatic nitrogens is 4. The van der Waals surface area contributed by atoms with Crippen LogP contribution in [0, 0.1) is 0 Å². The van der Waals surface area contributed by atoms with Crippen LogP contribution in [0.2, 0.25) is 0 Å². The van der Waals surface area contributed by atoms with E-state index in [4.69, 9.17) is 5.73 Å². The number of carboxylic acids is 4. The molecule has 3 rings (SSSR count). The fraction of sp³-hybridized carbons (Fsp3) is 0.556. The molecule has 0 bridgehead atoms. The van der Waals surface area contributed by atoms with Gasteiger partial charge in [0.2, 0.25) is 47.3 Å². The van der Waals surface area contributed by atoms with E-state index >= 15 is 0 Å². The van der Waals surface area contributed by atoms with E-state index in [2.05, 4.69) is 43.2 Å². The van der Waals surface area contributed by atoms with Crippen LogP contribution in [0.15, 0.2) is 35.3 Å². The van der Waals surface area contributed by atoms with Crippen LogP contribution >= 0.6 is 12.6 Å². The molecule has 0 spiro atoms. The number of nitrogen functional groups attached to an aromatic ring is 1. The number of fused-ring (bicyclic) bond motifs is 1. The lowest BCUT2D eigenvalue weighted by Gasteiger charge is -2.33. The third-order valence-electron chi connectivity index (χ3n) is 14.4. The van der Waals surface area contributed by atoms with E-state index in [1.165, 1.54) is 30.5 Å². The third kappa shape index (κ3) is 25.3. The predicted molar refractivity (Wildman–Crippen MR) is 331 cm³/mol. The van der Waals surface area contributed by atoms with Gasteiger partial charge >= 0.3 is 23.9 Å². The first kappa shape index (κ1) is 84.7. The number of H-pyrrole nitrogens is 1. The Morgan fingerprint density at radius 2 is 0.910 bits per heavy atom. The Morgan fingerprint density at radius 3 is 1.33 bits per heavy atom. The molecule has 0 aliphatic rings. The number of nitrogens with two attached hydrogens (primary N) is 1. The maximum absolute atomic E-state index is 14.3. The predicted octanol–water partition coefficient (Wildman–Crippen LogP) is -14.4. The molecule has 556 valence electrons. The average Bonchev–Trinajstić information content (AvgIpc) is 0.825. The molecule has 3 aromatic rings. The van der Waals surface area contributed by atoms with E-state index in [0.717, 1.165) is 0 Å². The third-order valence-corrected chi connectivity index (χ3v) is 14.8. The Kier molecular flexibility index (Phi) is 34.3. The van der Waals surface area contributed by atoms with Crippen LogP contribution in [0.4, 0.5) is 11.6 Å². The SMILES string of the molecule is Nc1nc2ncc(CNc3ccc(C(=O)N[C@@H](CCC(=O)N[C@H](C(=O)N[C@@H](CC(=O)O)C(=O)N[C@H](C(=O)N[C@H](C(=O)N[C@@H](CC(=O)O)C(=O)N[C@H](C(=O)N[C@@H](CS)C(=O)O)[C@@H](O)[C@H](O)CCO)[C@@H](O)[C@H](O)CCO)[C@@H](O)C(O)[C@H](O)CO)[C@@H](O)C(O)[C@H](O)CO)C(=O)O)cc3)nc2c(=O)[nH]1. The van der Waals surface area contributed by atoms with Crippen LogP contribution in [0.5, 0.6) is 0 Å². The zero-order chi connectivity index (χ0) is 75.6. The van der Waals surface area contributed by atoms with Gasteiger partial charge in [-0.1, -0.05) is 0 Å². The van der Waals surface area contributed by atoms with Crippen molar-refractivity contribution < 1.29 is 149 Å². The number of aromatic amines is 1. The number of nitrogens with zero attached hydrogens (tertiary/aromatic N) is 3. The Hall–Kier alpha value is -9.53. The summed E-state index contributed by atoms with van der Waals surface area (Å²) in [4.78, 5) is 186. The van der Waals surface area contributed by atoms with Crippen molar-refractivity contribution in [2.75, 3.05) is 43.2 Å². The molecule has 46 heteroatoms. The molecule has 30 N–H and O–H groups in total. The zero-order valence-electron chi connectivity index (χ0n) is 52.0. The molecule has 8 amide bonds. The highest BCUT2D eigenvalue weighted by Gasteiger charge is 2.45. The normalized spacial score (nSPS) is 16.8. The standard InChI is InChI=1S/C54H78N14O31S/c55-54-67-43-36(51(95)68-54)58-20(14-57-43)13-56-19-3-1-18(2-4-19)44(88)59-21(52(96)97)5-6-29(77)63-34(41(86)39(84)27(75)15-71)49(93)61-23(12-31(80)81)46(90)65-35(42(87)40(85)28(76)16-72)50(94)66-33(38(83)26(74)8-10-70)47(91)60-22(11-30(78)79)45(89)64-32(37(82)25(73)7-9-69)48(92)62-24(17-100)53(98)99/h1-4,14,21-28,32-35,37-42,56,69-76,82-87,100H,5-13,15-17H2,(H,59,88)(H,60,91)(H,61,93)(H,62,92)(H,63,77)(H,64,89)(H,65,90)(H,66,94)(H,78,79)(H,80,81)(H,96,97)(H,98,99)(H3,55,57,67,68,95)/t21-,22-,23-,24-,25+,26+,27+,28+,32-,33-,34-,35-,37-,38-,39?,40?,41+,42+/m0/s1. The minimum atomic E-state index is -3.01. The molecule has 100 heavy (non-hydrogen) atoms. The van der Waals surface area contributed by atoms with Crippen molar-refractivity contribution in [2.45, 2.75) is 154 Å². The number of benzene rings is 1. The summed E-state index contributed by atoms with van der Waals surface area (Å²) in [6.07, 6.45) is -31.1. The molecule has 0 aliphatic heterocycles. The van der Waals surface area contributed by atoms with Gasteiger partial charge in [-0.2, -0.15) is 17.6 Å². The second-order valence-electron chi connectivity index (χ2n) is 21.8. The van der Waals surface area contributed by atoms with Crippen LogP contribution in [-0.2, 0) is 59.3 Å². The summed E-state index contributed by atoms with van der Waals surface area (Å²) in [5.41, 5.74) is 5.29. The van der Waals surface area contributed by atoms with E-state index in [1.54, 1.807) is 26.6 Å².